The van der Waals surface area contributed by atoms with Crippen LogP contribution in [0, 0.1) is 5.41 Å². The van der Waals surface area contributed by atoms with Crippen molar-refractivity contribution in [1.82, 2.24) is 20.2 Å². The van der Waals surface area contributed by atoms with Crippen LogP contribution in [0.2, 0.25) is 5.15 Å². The molecule has 1 heterocycles. The van der Waals surface area contributed by atoms with E-state index in [0.717, 1.165) is 5.56 Å². The van der Waals surface area contributed by atoms with Gasteiger partial charge in [0.2, 0.25) is 0 Å². The highest BCUT2D eigenvalue weighted by molar-refractivity contribution is 6.31. The van der Waals surface area contributed by atoms with Crippen molar-refractivity contribution in [2.24, 2.45) is 0 Å². The largest absolute Gasteiger partial charge is 0.382 e. The first-order chi connectivity index (χ1) is 10.9. The van der Waals surface area contributed by atoms with Gasteiger partial charge in [-0.3, -0.25) is 15.5 Å². The number of nitrogens with two attached hydrogens (primary N) is 2. The van der Waals surface area contributed by atoms with Gasteiger partial charge < -0.3 is 16.4 Å². The number of amides is 1. The molecule has 1 aromatic heterocycles. The molecule has 0 atom stereocenters. The van der Waals surface area contributed by atoms with E-state index in [1.807, 2.05) is 30.3 Å². The zero-order chi connectivity index (χ0) is 17.0. The van der Waals surface area contributed by atoms with Gasteiger partial charge in [0.25, 0.3) is 5.91 Å². The van der Waals surface area contributed by atoms with Crippen LogP contribution < -0.4 is 16.8 Å². The highest BCUT2D eigenvalue weighted by Gasteiger charge is 2.18. The number of guanidine groups is 1. The summed E-state index contributed by atoms with van der Waals surface area (Å²) < 4.78 is 0. The van der Waals surface area contributed by atoms with E-state index in [0.29, 0.717) is 6.54 Å². The molecule has 23 heavy (non-hydrogen) atoms. The lowest BCUT2D eigenvalue weighted by Gasteiger charge is -2.20. The van der Waals surface area contributed by atoms with Crippen LogP contribution in [0.5, 0.6) is 0 Å². The third-order valence-electron chi connectivity index (χ3n) is 3.00. The summed E-state index contributed by atoms with van der Waals surface area (Å²) in [7, 11) is 1.68. The molecule has 1 amide bonds. The number of carbonyl (C=O) groups excluding carboxylic acids is 1. The summed E-state index contributed by atoms with van der Waals surface area (Å²) in [6, 6.07) is 9.56. The Kier molecular flexibility index (Phi) is 4.97. The second-order valence-corrected chi connectivity index (χ2v) is 5.14. The van der Waals surface area contributed by atoms with Gasteiger partial charge in [0, 0.05) is 13.6 Å². The maximum Gasteiger partial charge on any atom is 0.280 e. The maximum atomic E-state index is 12.1. The van der Waals surface area contributed by atoms with E-state index >= 15 is 0 Å². The lowest BCUT2D eigenvalue weighted by Crippen LogP contribution is -2.41. The number of rotatable bonds is 3. The number of halogens is 1. The molecule has 0 saturated carbocycles. The average Bonchev–Trinajstić information content (AvgIpc) is 2.51. The molecule has 6 N–H and O–H groups in total. The maximum absolute atomic E-state index is 12.1. The summed E-state index contributed by atoms with van der Waals surface area (Å²) in [5.41, 5.74) is 11.9. The lowest BCUT2D eigenvalue weighted by atomic mass is 10.2. The fraction of sp³-hybridized carbons (Fsp3) is 0.143. The first-order valence-corrected chi connectivity index (χ1v) is 6.99. The number of carbonyl (C=O) groups is 1. The monoisotopic (exact) mass is 333 g/mol. The van der Waals surface area contributed by atoms with E-state index in [-0.39, 0.29) is 28.4 Å². The predicted octanol–water partition coefficient (Wildman–Crippen LogP) is 1.09. The normalized spacial score (nSPS) is 10.2. The van der Waals surface area contributed by atoms with Gasteiger partial charge in [-0.1, -0.05) is 41.9 Å². The Hall–Kier alpha value is -2.87. The number of hydrogen-bond donors (Lipinski definition) is 4. The Morgan fingerprint density at radius 1 is 1.26 bits per heavy atom. The third kappa shape index (κ3) is 4.07. The Bertz CT molecular complexity index is 735. The van der Waals surface area contributed by atoms with Crippen molar-refractivity contribution < 1.29 is 4.79 Å². The smallest absolute Gasteiger partial charge is 0.280 e. The molecule has 2 rings (SSSR count). The summed E-state index contributed by atoms with van der Waals surface area (Å²) >= 11 is 5.74. The number of nitrogens with zero attached hydrogens (tertiary/aromatic N) is 3. The second kappa shape index (κ2) is 6.93. The zero-order valence-corrected chi connectivity index (χ0v) is 13.1. The van der Waals surface area contributed by atoms with Gasteiger partial charge in [-0.25, -0.2) is 9.97 Å². The Balaban J connectivity index is 2.05. The van der Waals surface area contributed by atoms with E-state index in [1.165, 1.54) is 0 Å². The minimum Gasteiger partial charge on any atom is -0.382 e. The minimum absolute atomic E-state index is 0.0583. The van der Waals surface area contributed by atoms with Crippen LogP contribution >= 0.6 is 11.6 Å². The van der Waals surface area contributed by atoms with Crippen molar-refractivity contribution in [3.63, 3.8) is 0 Å². The molecule has 0 aliphatic heterocycles. The summed E-state index contributed by atoms with van der Waals surface area (Å²) in [6.07, 6.45) is 0. The topological polar surface area (TPSA) is 134 Å². The lowest BCUT2D eigenvalue weighted by molar-refractivity contribution is 0.0968. The van der Waals surface area contributed by atoms with E-state index < -0.39 is 5.91 Å². The van der Waals surface area contributed by atoms with Gasteiger partial charge in [0.1, 0.15) is 0 Å². The van der Waals surface area contributed by atoms with E-state index in [1.54, 1.807) is 11.9 Å². The van der Waals surface area contributed by atoms with Crippen LogP contribution in [0.15, 0.2) is 30.3 Å². The van der Waals surface area contributed by atoms with Crippen LogP contribution in [0.3, 0.4) is 0 Å². The number of aromatic nitrogens is 2. The molecule has 8 nitrogen and oxygen atoms in total. The SMILES string of the molecule is CN(Cc1ccccc1)C(=N)NC(=O)c1nc(Cl)c(N)nc1N. The average molecular weight is 334 g/mol. The Morgan fingerprint density at radius 3 is 2.57 bits per heavy atom. The minimum atomic E-state index is -0.679. The van der Waals surface area contributed by atoms with Gasteiger partial charge >= 0.3 is 0 Å². The number of nitrogen functional groups attached to an aromatic ring is 2. The molecule has 0 unspecified atom stereocenters. The van der Waals surface area contributed by atoms with E-state index in [2.05, 4.69) is 15.3 Å². The highest BCUT2D eigenvalue weighted by Crippen LogP contribution is 2.17. The standard InChI is InChI=1S/C14H16ClN7O/c1-22(7-8-5-3-2-4-6-8)14(18)21-13(23)9-11(16)20-12(17)10(15)19-9/h2-6H,7H2,1H3,(H4,16,17,20)(H2,18,21,23). The quantitative estimate of drug-likeness (QED) is 0.490. The van der Waals surface area contributed by atoms with Crippen molar-refractivity contribution in [3.05, 3.63) is 46.7 Å². The van der Waals surface area contributed by atoms with Crippen molar-refractivity contribution in [2.45, 2.75) is 6.54 Å². The second-order valence-electron chi connectivity index (χ2n) is 4.78. The summed E-state index contributed by atoms with van der Waals surface area (Å²) in [4.78, 5) is 21.2. The summed E-state index contributed by atoms with van der Waals surface area (Å²) in [5, 5.41) is 10.2. The molecule has 2 aromatic rings. The number of anilines is 2. The predicted molar refractivity (Wildman–Crippen MR) is 89.0 cm³/mol. The van der Waals surface area contributed by atoms with E-state index in [9.17, 15) is 4.79 Å². The van der Waals surface area contributed by atoms with Gasteiger partial charge in [-0.15, -0.1) is 0 Å². The van der Waals surface area contributed by atoms with Crippen molar-refractivity contribution in [2.75, 3.05) is 18.5 Å². The summed E-state index contributed by atoms with van der Waals surface area (Å²) in [5.74, 6) is -0.991. The summed E-state index contributed by atoms with van der Waals surface area (Å²) in [6.45, 7) is 0.462. The molecule has 0 bridgehead atoms. The van der Waals surface area contributed by atoms with Crippen LogP contribution in [-0.2, 0) is 6.54 Å². The number of nitrogens with one attached hydrogen (secondary N) is 2. The zero-order valence-electron chi connectivity index (χ0n) is 12.4. The van der Waals surface area contributed by atoms with E-state index in [4.69, 9.17) is 28.5 Å². The van der Waals surface area contributed by atoms with Crippen molar-refractivity contribution in [3.8, 4) is 0 Å². The molecule has 1 aromatic carbocycles. The molecule has 0 aliphatic carbocycles. The Labute approximate surface area is 138 Å². The molecule has 0 spiro atoms. The third-order valence-corrected chi connectivity index (χ3v) is 3.27. The van der Waals surface area contributed by atoms with Crippen LogP contribution in [0.25, 0.3) is 0 Å². The molecular weight excluding hydrogens is 318 g/mol. The van der Waals surface area contributed by atoms with Crippen molar-refractivity contribution >= 4 is 35.1 Å². The van der Waals surface area contributed by atoms with Crippen LogP contribution in [0.4, 0.5) is 11.6 Å². The number of benzene rings is 1. The molecule has 0 aliphatic rings. The molecule has 120 valence electrons. The molecule has 9 heteroatoms. The molecule has 0 radical (unpaired) electrons. The van der Waals surface area contributed by atoms with Gasteiger partial charge in [-0.05, 0) is 5.56 Å². The highest BCUT2D eigenvalue weighted by atomic mass is 35.5. The van der Waals surface area contributed by atoms with Gasteiger partial charge in [0.05, 0.1) is 0 Å². The first-order valence-electron chi connectivity index (χ1n) is 6.62. The van der Waals surface area contributed by atoms with Crippen LogP contribution in [-0.4, -0.2) is 33.8 Å². The van der Waals surface area contributed by atoms with Gasteiger partial charge in [0.15, 0.2) is 28.4 Å². The first kappa shape index (κ1) is 16.5. The Morgan fingerprint density at radius 2 is 1.91 bits per heavy atom. The molecule has 0 fully saturated rings. The van der Waals surface area contributed by atoms with Crippen molar-refractivity contribution in [1.29, 1.82) is 5.41 Å². The van der Waals surface area contributed by atoms with Gasteiger partial charge in [-0.2, -0.15) is 0 Å². The molecule has 0 saturated heterocycles. The fourth-order valence-electron chi connectivity index (χ4n) is 1.81. The van der Waals surface area contributed by atoms with Crippen LogP contribution in [0.1, 0.15) is 16.1 Å². The molecular formula is C14H16ClN7O. The fourth-order valence-corrected chi connectivity index (χ4v) is 1.93. The number of hydrogen-bond acceptors (Lipinski definition) is 6.